The molecule has 1 aliphatic heterocycles. The summed E-state index contributed by atoms with van der Waals surface area (Å²) in [5.41, 5.74) is 4.73. The minimum absolute atomic E-state index is 0.0244. The summed E-state index contributed by atoms with van der Waals surface area (Å²) < 4.78 is 28.3. The molecule has 2 fully saturated rings. The van der Waals surface area contributed by atoms with Crippen LogP contribution in [0.3, 0.4) is 0 Å². The van der Waals surface area contributed by atoms with E-state index in [0.29, 0.717) is 23.9 Å². The van der Waals surface area contributed by atoms with Crippen LogP contribution in [0.15, 0.2) is 4.90 Å². The Balaban J connectivity index is 1.66. The van der Waals surface area contributed by atoms with Gasteiger partial charge in [0.1, 0.15) is 0 Å². The molecule has 2 aliphatic rings. The Hall–Kier alpha value is -1.93. The van der Waals surface area contributed by atoms with Gasteiger partial charge in [0.25, 0.3) is 0 Å². The second-order valence-electron chi connectivity index (χ2n) is 8.78. The minimum Gasteiger partial charge on any atom is -0.347 e. The number of nitrogens with zero attached hydrogens (tertiary/aromatic N) is 2. The van der Waals surface area contributed by atoms with Crippen molar-refractivity contribution in [1.82, 2.24) is 14.5 Å². The van der Waals surface area contributed by atoms with Crippen LogP contribution in [0, 0.1) is 46.5 Å². The lowest BCUT2D eigenvalue weighted by Crippen LogP contribution is -2.52. The molecule has 166 valence electrons. The summed E-state index contributed by atoms with van der Waals surface area (Å²) >= 11 is 0. The predicted octanol–water partition coefficient (Wildman–Crippen LogP) is 1.83. The average Bonchev–Trinajstić information content (AvgIpc) is 3.45. The molecule has 1 aromatic carbocycles. The third-order valence-electron chi connectivity index (χ3n) is 6.98. The second kappa shape index (κ2) is 8.30. The highest BCUT2D eigenvalue weighted by atomic mass is 32.2. The van der Waals surface area contributed by atoms with Gasteiger partial charge in [-0.25, -0.2) is 8.42 Å². The molecule has 8 heteroatoms. The molecule has 0 spiro atoms. The number of hydrogen-bond acceptors (Lipinski definition) is 4. The van der Waals surface area contributed by atoms with Crippen molar-refractivity contribution in [3.05, 3.63) is 27.8 Å². The van der Waals surface area contributed by atoms with Gasteiger partial charge in [0.05, 0.1) is 11.4 Å². The molecule has 2 amide bonds. The smallest absolute Gasteiger partial charge is 0.243 e. The topological polar surface area (TPSA) is 86.8 Å². The zero-order chi connectivity index (χ0) is 22.4. The zero-order valence-electron chi connectivity index (χ0n) is 18.8. The molecule has 0 radical (unpaired) electrons. The van der Waals surface area contributed by atoms with Crippen molar-refractivity contribution >= 4 is 21.8 Å². The fraction of sp³-hybridized carbons (Fsp3) is 0.636. The van der Waals surface area contributed by atoms with Crippen LogP contribution < -0.4 is 5.32 Å². The molecule has 30 heavy (non-hydrogen) atoms. The van der Waals surface area contributed by atoms with E-state index in [-0.39, 0.29) is 37.4 Å². The summed E-state index contributed by atoms with van der Waals surface area (Å²) in [4.78, 5) is 26.4. The monoisotopic (exact) mass is 435 g/mol. The zero-order valence-corrected chi connectivity index (χ0v) is 19.6. The van der Waals surface area contributed by atoms with Gasteiger partial charge in [0, 0.05) is 32.1 Å². The van der Waals surface area contributed by atoms with Crippen LogP contribution in [0.2, 0.25) is 0 Å². The number of nitrogens with one attached hydrogen (secondary N) is 1. The molecule has 0 unspecified atom stereocenters. The SMILES string of the molecule is Cc1c(C)c(C)c(S(=O)(=O)N2CCN(C(=O)CNC(=O)[C@@H]3C[C@H]3C)CC2)c(C)c1C. The molecular formula is C22H33N3O4S. The molecule has 1 aromatic rings. The van der Waals surface area contributed by atoms with E-state index in [1.54, 1.807) is 4.90 Å². The van der Waals surface area contributed by atoms with Gasteiger partial charge in [-0.05, 0) is 74.8 Å². The van der Waals surface area contributed by atoms with Crippen LogP contribution in [0.1, 0.15) is 41.2 Å². The first-order chi connectivity index (χ1) is 14.0. The molecule has 3 rings (SSSR count). The maximum Gasteiger partial charge on any atom is 0.243 e. The van der Waals surface area contributed by atoms with Crippen LogP contribution in [0.5, 0.6) is 0 Å². The maximum absolute atomic E-state index is 13.4. The number of benzene rings is 1. The Morgan fingerprint density at radius 1 is 0.900 bits per heavy atom. The summed E-state index contributed by atoms with van der Waals surface area (Å²) in [6.07, 6.45) is 0.882. The van der Waals surface area contributed by atoms with E-state index >= 15 is 0 Å². The second-order valence-corrected chi connectivity index (χ2v) is 10.7. The molecule has 2 atom stereocenters. The van der Waals surface area contributed by atoms with Crippen LogP contribution in [0.4, 0.5) is 0 Å². The van der Waals surface area contributed by atoms with E-state index in [9.17, 15) is 18.0 Å². The van der Waals surface area contributed by atoms with E-state index in [4.69, 9.17) is 0 Å². The lowest BCUT2D eigenvalue weighted by Gasteiger charge is -2.35. The van der Waals surface area contributed by atoms with Gasteiger partial charge in [0.15, 0.2) is 0 Å². The maximum atomic E-state index is 13.4. The number of amides is 2. The van der Waals surface area contributed by atoms with E-state index < -0.39 is 10.0 Å². The van der Waals surface area contributed by atoms with Gasteiger partial charge in [-0.2, -0.15) is 4.31 Å². The summed E-state index contributed by atoms with van der Waals surface area (Å²) in [5.74, 6) is 0.207. The highest BCUT2D eigenvalue weighted by Crippen LogP contribution is 2.37. The molecular weight excluding hydrogens is 402 g/mol. The number of sulfonamides is 1. The van der Waals surface area contributed by atoms with Crippen LogP contribution in [-0.2, 0) is 19.6 Å². The Bertz CT molecular complexity index is 950. The largest absolute Gasteiger partial charge is 0.347 e. The first-order valence-corrected chi connectivity index (χ1v) is 12.0. The molecule has 1 heterocycles. The molecule has 1 N–H and O–H groups in total. The van der Waals surface area contributed by atoms with Gasteiger partial charge >= 0.3 is 0 Å². The lowest BCUT2D eigenvalue weighted by atomic mass is 9.95. The Labute approximate surface area is 179 Å². The third kappa shape index (κ3) is 4.12. The van der Waals surface area contributed by atoms with E-state index in [1.165, 1.54) is 4.31 Å². The van der Waals surface area contributed by atoms with Crippen molar-refractivity contribution < 1.29 is 18.0 Å². The predicted molar refractivity (Wildman–Crippen MR) is 116 cm³/mol. The van der Waals surface area contributed by atoms with Crippen LogP contribution in [0.25, 0.3) is 0 Å². The number of hydrogen-bond donors (Lipinski definition) is 1. The van der Waals surface area contributed by atoms with E-state index in [2.05, 4.69) is 5.32 Å². The normalized spacial score (nSPS) is 22.1. The molecule has 1 saturated heterocycles. The van der Waals surface area contributed by atoms with Gasteiger partial charge in [-0.15, -0.1) is 0 Å². The lowest BCUT2D eigenvalue weighted by molar-refractivity contribution is -0.134. The van der Waals surface area contributed by atoms with Crippen molar-refractivity contribution in [2.75, 3.05) is 32.7 Å². The molecule has 1 saturated carbocycles. The van der Waals surface area contributed by atoms with Crippen LogP contribution in [-0.4, -0.2) is 62.2 Å². The average molecular weight is 436 g/mol. The number of piperazine rings is 1. The van der Waals surface area contributed by atoms with Gasteiger partial charge in [-0.1, -0.05) is 6.92 Å². The Kier molecular flexibility index (Phi) is 6.30. The highest BCUT2D eigenvalue weighted by Gasteiger charge is 2.39. The molecule has 0 bridgehead atoms. The van der Waals surface area contributed by atoms with Crippen molar-refractivity contribution in [1.29, 1.82) is 0 Å². The van der Waals surface area contributed by atoms with Gasteiger partial charge in [-0.3, -0.25) is 9.59 Å². The number of carbonyl (C=O) groups excluding carboxylic acids is 2. The van der Waals surface area contributed by atoms with Crippen molar-refractivity contribution in [3.8, 4) is 0 Å². The van der Waals surface area contributed by atoms with Crippen molar-refractivity contribution in [2.24, 2.45) is 11.8 Å². The molecule has 7 nitrogen and oxygen atoms in total. The van der Waals surface area contributed by atoms with Gasteiger partial charge < -0.3 is 10.2 Å². The first-order valence-electron chi connectivity index (χ1n) is 10.6. The first kappa shape index (κ1) is 22.7. The number of rotatable bonds is 5. The van der Waals surface area contributed by atoms with Crippen LogP contribution >= 0.6 is 0 Å². The summed E-state index contributed by atoms with van der Waals surface area (Å²) in [5, 5.41) is 2.71. The summed E-state index contributed by atoms with van der Waals surface area (Å²) in [6, 6.07) is 0. The summed E-state index contributed by atoms with van der Waals surface area (Å²) in [7, 11) is -3.64. The minimum atomic E-state index is -3.64. The van der Waals surface area contributed by atoms with Crippen molar-refractivity contribution in [3.63, 3.8) is 0 Å². The van der Waals surface area contributed by atoms with Crippen molar-refractivity contribution in [2.45, 2.75) is 52.9 Å². The Morgan fingerprint density at radius 3 is 1.83 bits per heavy atom. The molecule has 1 aliphatic carbocycles. The molecule has 0 aromatic heterocycles. The highest BCUT2D eigenvalue weighted by molar-refractivity contribution is 7.89. The summed E-state index contributed by atoms with van der Waals surface area (Å²) in [6.45, 7) is 12.8. The van der Waals surface area contributed by atoms with Gasteiger partial charge in [0.2, 0.25) is 21.8 Å². The Morgan fingerprint density at radius 2 is 1.37 bits per heavy atom. The van der Waals surface area contributed by atoms with E-state index in [1.807, 2.05) is 41.5 Å². The number of carbonyl (C=O) groups is 2. The quantitative estimate of drug-likeness (QED) is 0.765. The fourth-order valence-corrected chi connectivity index (χ4v) is 6.23. The fourth-order valence-electron chi connectivity index (χ4n) is 4.25. The van der Waals surface area contributed by atoms with E-state index in [0.717, 1.165) is 34.2 Å². The standard InChI is InChI=1S/C22H33N3O4S/c1-13-11-19(13)22(27)23-12-20(26)24-7-9-25(10-8-24)30(28,29)21-17(5)15(3)14(2)16(4)18(21)6/h13,19H,7-12H2,1-6H3,(H,23,27)/t13-,19-/m1/s1. The third-order valence-corrected chi connectivity index (χ3v) is 9.15.